The number of benzene rings is 2. The van der Waals surface area contributed by atoms with E-state index < -0.39 is 17.2 Å². The molecule has 0 aliphatic rings. The van der Waals surface area contributed by atoms with Gasteiger partial charge in [-0.1, -0.05) is 6.07 Å². The van der Waals surface area contributed by atoms with E-state index in [4.69, 9.17) is 4.74 Å². The number of nitrogens with one attached hydrogen (secondary N) is 2. The van der Waals surface area contributed by atoms with Crippen LogP contribution in [0.15, 0.2) is 53.5 Å². The standard InChI is InChI=1S/C17H13FN2O3/c1-23-12-4-2-3-11(8-12)20-17(22)14-9-19-15-6-5-10(18)7-13(15)16(14)21/h2-9H,1H3,(H,19,21)(H,20,22). The van der Waals surface area contributed by atoms with Crippen LogP contribution in [-0.4, -0.2) is 18.0 Å². The summed E-state index contributed by atoms with van der Waals surface area (Å²) in [6.45, 7) is 0. The van der Waals surface area contributed by atoms with Crippen molar-refractivity contribution >= 4 is 22.5 Å². The van der Waals surface area contributed by atoms with E-state index in [0.717, 1.165) is 6.07 Å². The molecule has 1 aromatic heterocycles. The molecule has 0 radical (unpaired) electrons. The van der Waals surface area contributed by atoms with Gasteiger partial charge in [0.2, 0.25) is 5.43 Å². The monoisotopic (exact) mass is 312 g/mol. The molecular formula is C17H13FN2O3. The third kappa shape index (κ3) is 2.91. The number of anilines is 1. The lowest BCUT2D eigenvalue weighted by atomic mass is 10.1. The van der Waals surface area contributed by atoms with Crippen LogP contribution in [0, 0.1) is 5.82 Å². The zero-order chi connectivity index (χ0) is 16.4. The predicted molar refractivity (Wildman–Crippen MR) is 85.5 cm³/mol. The highest BCUT2D eigenvalue weighted by molar-refractivity contribution is 6.05. The zero-order valence-corrected chi connectivity index (χ0v) is 12.2. The van der Waals surface area contributed by atoms with Crippen LogP contribution in [0.2, 0.25) is 0 Å². The molecule has 3 rings (SSSR count). The maximum absolute atomic E-state index is 13.3. The fraction of sp³-hybridized carbons (Fsp3) is 0.0588. The molecule has 0 fully saturated rings. The van der Waals surface area contributed by atoms with Gasteiger partial charge in [0.25, 0.3) is 5.91 Å². The van der Waals surface area contributed by atoms with Crippen LogP contribution in [0.1, 0.15) is 10.4 Å². The van der Waals surface area contributed by atoms with Gasteiger partial charge in [-0.05, 0) is 30.3 Å². The highest BCUT2D eigenvalue weighted by atomic mass is 19.1. The quantitative estimate of drug-likeness (QED) is 0.781. The largest absolute Gasteiger partial charge is 0.497 e. The summed E-state index contributed by atoms with van der Waals surface area (Å²) >= 11 is 0. The number of hydrogen-bond acceptors (Lipinski definition) is 3. The van der Waals surface area contributed by atoms with E-state index in [9.17, 15) is 14.0 Å². The number of methoxy groups -OCH3 is 1. The molecule has 6 heteroatoms. The third-order valence-electron chi connectivity index (χ3n) is 3.42. The Morgan fingerprint density at radius 2 is 2.04 bits per heavy atom. The minimum absolute atomic E-state index is 0.0917. The highest BCUT2D eigenvalue weighted by Gasteiger charge is 2.14. The Morgan fingerprint density at radius 1 is 1.22 bits per heavy atom. The van der Waals surface area contributed by atoms with Crippen molar-refractivity contribution < 1.29 is 13.9 Å². The lowest BCUT2D eigenvalue weighted by Gasteiger charge is -2.07. The second-order valence-corrected chi connectivity index (χ2v) is 4.91. The first-order valence-electron chi connectivity index (χ1n) is 6.85. The first-order chi connectivity index (χ1) is 11.1. The van der Waals surface area contributed by atoms with Crippen LogP contribution in [0.5, 0.6) is 5.75 Å². The van der Waals surface area contributed by atoms with Crippen LogP contribution >= 0.6 is 0 Å². The van der Waals surface area contributed by atoms with Crippen molar-refractivity contribution in [1.82, 2.24) is 4.98 Å². The first-order valence-corrected chi connectivity index (χ1v) is 6.85. The lowest BCUT2D eigenvalue weighted by molar-refractivity contribution is 0.102. The van der Waals surface area contributed by atoms with E-state index in [1.807, 2.05) is 0 Å². The summed E-state index contributed by atoms with van der Waals surface area (Å²) in [5, 5.41) is 2.75. The summed E-state index contributed by atoms with van der Waals surface area (Å²) in [5.41, 5.74) is 0.340. The second-order valence-electron chi connectivity index (χ2n) is 4.91. The number of halogens is 1. The molecule has 2 N–H and O–H groups in total. The number of amides is 1. The summed E-state index contributed by atoms with van der Waals surface area (Å²) in [6.07, 6.45) is 1.32. The van der Waals surface area contributed by atoms with Crippen molar-refractivity contribution in [2.75, 3.05) is 12.4 Å². The summed E-state index contributed by atoms with van der Waals surface area (Å²) in [7, 11) is 1.52. The lowest BCUT2D eigenvalue weighted by Crippen LogP contribution is -2.22. The second kappa shape index (κ2) is 5.92. The average Bonchev–Trinajstić information content (AvgIpc) is 2.55. The molecule has 1 heterocycles. The van der Waals surface area contributed by atoms with Crippen molar-refractivity contribution in [1.29, 1.82) is 0 Å². The normalized spacial score (nSPS) is 10.5. The molecule has 23 heavy (non-hydrogen) atoms. The molecule has 1 amide bonds. The number of H-pyrrole nitrogens is 1. The van der Waals surface area contributed by atoms with Crippen molar-refractivity contribution in [2.24, 2.45) is 0 Å². The maximum atomic E-state index is 13.3. The van der Waals surface area contributed by atoms with Crippen molar-refractivity contribution in [2.45, 2.75) is 0 Å². The molecule has 2 aromatic carbocycles. The Hall–Kier alpha value is -3.15. The van der Waals surface area contributed by atoms with Gasteiger partial charge in [0.05, 0.1) is 7.11 Å². The van der Waals surface area contributed by atoms with Gasteiger partial charge in [-0.15, -0.1) is 0 Å². The molecule has 0 bridgehead atoms. The number of rotatable bonds is 3. The van der Waals surface area contributed by atoms with Gasteiger partial charge in [0, 0.05) is 28.9 Å². The van der Waals surface area contributed by atoms with Crippen LogP contribution < -0.4 is 15.5 Å². The van der Waals surface area contributed by atoms with Crippen LogP contribution in [0.25, 0.3) is 10.9 Å². The van der Waals surface area contributed by atoms with Gasteiger partial charge in [-0.3, -0.25) is 9.59 Å². The molecule has 0 saturated heterocycles. The van der Waals surface area contributed by atoms with Crippen molar-refractivity contribution in [3.8, 4) is 5.75 Å². The molecule has 0 atom stereocenters. The van der Waals surface area contributed by atoms with E-state index in [2.05, 4.69) is 10.3 Å². The molecule has 5 nitrogen and oxygen atoms in total. The van der Waals surface area contributed by atoms with E-state index in [1.54, 1.807) is 24.3 Å². The molecule has 0 aliphatic heterocycles. The number of ether oxygens (including phenoxy) is 1. The smallest absolute Gasteiger partial charge is 0.261 e. The predicted octanol–water partition coefficient (Wildman–Crippen LogP) is 2.93. The van der Waals surface area contributed by atoms with Crippen LogP contribution in [0.4, 0.5) is 10.1 Å². The SMILES string of the molecule is COc1cccc(NC(=O)c2c[nH]c3ccc(F)cc3c2=O)c1. The van der Waals surface area contributed by atoms with Gasteiger partial charge in [-0.25, -0.2) is 4.39 Å². The summed E-state index contributed by atoms with van der Waals surface area (Å²) in [6, 6.07) is 10.6. The maximum Gasteiger partial charge on any atom is 0.261 e. The van der Waals surface area contributed by atoms with E-state index >= 15 is 0 Å². The molecular weight excluding hydrogens is 299 g/mol. The Labute approximate surface area is 130 Å². The molecule has 0 aliphatic carbocycles. The van der Waals surface area contributed by atoms with Gasteiger partial charge in [0.15, 0.2) is 0 Å². The van der Waals surface area contributed by atoms with E-state index in [1.165, 1.54) is 25.4 Å². The van der Waals surface area contributed by atoms with Gasteiger partial charge in [0.1, 0.15) is 17.1 Å². The Kier molecular flexibility index (Phi) is 3.80. The van der Waals surface area contributed by atoms with E-state index in [0.29, 0.717) is 17.0 Å². The van der Waals surface area contributed by atoms with E-state index in [-0.39, 0.29) is 10.9 Å². The number of hydrogen-bond donors (Lipinski definition) is 2. The number of fused-ring (bicyclic) bond motifs is 1. The molecule has 116 valence electrons. The third-order valence-corrected chi connectivity index (χ3v) is 3.42. The topological polar surface area (TPSA) is 71.2 Å². The van der Waals surface area contributed by atoms with Gasteiger partial charge < -0.3 is 15.0 Å². The Balaban J connectivity index is 1.97. The minimum Gasteiger partial charge on any atom is -0.497 e. The molecule has 0 unspecified atom stereocenters. The molecule has 0 spiro atoms. The summed E-state index contributed by atoms with van der Waals surface area (Å²) in [4.78, 5) is 27.5. The number of aromatic amines is 1. The average molecular weight is 312 g/mol. The highest BCUT2D eigenvalue weighted by Crippen LogP contribution is 2.17. The van der Waals surface area contributed by atoms with Crippen LogP contribution in [0.3, 0.4) is 0 Å². The fourth-order valence-electron chi connectivity index (χ4n) is 2.26. The summed E-state index contributed by atoms with van der Waals surface area (Å²) < 4.78 is 18.4. The van der Waals surface area contributed by atoms with Crippen molar-refractivity contribution in [3.63, 3.8) is 0 Å². The molecule has 0 saturated carbocycles. The van der Waals surface area contributed by atoms with Gasteiger partial charge >= 0.3 is 0 Å². The fourth-order valence-corrected chi connectivity index (χ4v) is 2.26. The number of carbonyl (C=O) groups excluding carboxylic acids is 1. The first kappa shape index (κ1) is 14.8. The van der Waals surface area contributed by atoms with Crippen molar-refractivity contribution in [3.05, 3.63) is 70.3 Å². The molecule has 3 aromatic rings. The summed E-state index contributed by atoms with van der Waals surface area (Å²) in [5.74, 6) is -0.531. The minimum atomic E-state index is -0.578. The Morgan fingerprint density at radius 3 is 2.83 bits per heavy atom. The number of carbonyl (C=O) groups is 1. The number of pyridine rings is 1. The van der Waals surface area contributed by atoms with Crippen LogP contribution in [-0.2, 0) is 0 Å². The Bertz CT molecular complexity index is 950. The number of aromatic nitrogens is 1. The van der Waals surface area contributed by atoms with Gasteiger partial charge in [-0.2, -0.15) is 0 Å². The zero-order valence-electron chi connectivity index (χ0n) is 12.2.